The van der Waals surface area contributed by atoms with E-state index in [0.717, 1.165) is 14.2 Å². The minimum absolute atomic E-state index is 0.470. The Bertz CT molecular complexity index is 334. The summed E-state index contributed by atoms with van der Waals surface area (Å²) in [6, 6.07) is 0. The second-order valence-corrected chi connectivity index (χ2v) is 4.32. The van der Waals surface area contributed by atoms with E-state index in [1.807, 2.05) is 0 Å². The predicted molar refractivity (Wildman–Crippen MR) is 51.2 cm³/mol. The van der Waals surface area contributed by atoms with E-state index in [2.05, 4.69) is 14.0 Å². The van der Waals surface area contributed by atoms with E-state index in [4.69, 9.17) is 5.39 Å². The first-order chi connectivity index (χ1) is 6.55. The monoisotopic (exact) mass is 219 g/mol. The van der Waals surface area contributed by atoms with Gasteiger partial charge in [0.25, 0.3) is 0 Å². The molecular weight excluding hydrogens is 207 g/mol. The third kappa shape index (κ3) is 2.67. The van der Waals surface area contributed by atoms with Crippen LogP contribution >= 0.6 is 7.60 Å². The topological polar surface area (TPSA) is 83.9 Å². The summed E-state index contributed by atoms with van der Waals surface area (Å²) >= 11 is 0. The number of aliphatic hydroxyl groups excluding tert-OH is 1. The van der Waals surface area contributed by atoms with Crippen molar-refractivity contribution in [2.24, 2.45) is 0 Å². The number of diazo groups is 1. The summed E-state index contributed by atoms with van der Waals surface area (Å²) < 4.78 is 20.7. The van der Waals surface area contributed by atoms with Gasteiger partial charge in [-0.3, -0.25) is 0 Å². The Morgan fingerprint density at radius 2 is 2.00 bits per heavy atom. The molecule has 0 heterocycles. The van der Waals surface area contributed by atoms with Gasteiger partial charge < -0.3 is 14.2 Å². The highest BCUT2D eigenvalue weighted by Crippen LogP contribution is 2.56. The number of nitrogens with zero attached hydrogens (tertiary/aromatic N) is 2. The number of rotatable bonds is 4. The molecule has 0 saturated heterocycles. The SMILES string of the molecule is C/C=C/C(O)=C(\[N+]#N)P(=O)(OC)OC. The fourth-order valence-electron chi connectivity index (χ4n) is 0.726. The summed E-state index contributed by atoms with van der Waals surface area (Å²) in [6.07, 6.45) is 2.69. The maximum absolute atomic E-state index is 11.6. The van der Waals surface area contributed by atoms with Gasteiger partial charge in [-0.1, -0.05) is 6.08 Å². The van der Waals surface area contributed by atoms with Crippen molar-refractivity contribution in [1.29, 1.82) is 5.39 Å². The van der Waals surface area contributed by atoms with Gasteiger partial charge in [-0.15, -0.1) is 0 Å². The maximum Gasteiger partial charge on any atom is 0.511 e. The van der Waals surface area contributed by atoms with Crippen molar-refractivity contribution in [2.45, 2.75) is 6.92 Å². The van der Waals surface area contributed by atoms with E-state index < -0.39 is 18.8 Å². The first-order valence-corrected chi connectivity index (χ1v) is 5.23. The van der Waals surface area contributed by atoms with Crippen molar-refractivity contribution >= 4 is 7.60 Å². The van der Waals surface area contributed by atoms with E-state index in [0.29, 0.717) is 0 Å². The van der Waals surface area contributed by atoms with Gasteiger partial charge >= 0.3 is 13.0 Å². The van der Waals surface area contributed by atoms with Crippen molar-refractivity contribution in [3.05, 3.63) is 28.3 Å². The van der Waals surface area contributed by atoms with Crippen molar-refractivity contribution < 1.29 is 18.7 Å². The molecule has 0 saturated carbocycles. The molecule has 0 aliphatic heterocycles. The molecule has 0 radical (unpaired) electrons. The number of allylic oxidation sites excluding steroid dienone is 2. The molecule has 0 aliphatic rings. The Kier molecular flexibility index (Phi) is 5.10. The van der Waals surface area contributed by atoms with Gasteiger partial charge in [-0.2, -0.15) is 0 Å². The van der Waals surface area contributed by atoms with Crippen molar-refractivity contribution in [3.8, 4) is 0 Å². The van der Waals surface area contributed by atoms with E-state index in [-0.39, 0.29) is 0 Å². The minimum atomic E-state index is -3.72. The zero-order valence-electron chi connectivity index (χ0n) is 8.17. The summed E-state index contributed by atoms with van der Waals surface area (Å²) in [5, 5.41) is 17.9. The lowest BCUT2D eigenvalue weighted by molar-refractivity contribution is 0.281. The van der Waals surface area contributed by atoms with Gasteiger partial charge in [0.1, 0.15) is 0 Å². The van der Waals surface area contributed by atoms with E-state index in [1.165, 1.54) is 12.2 Å². The molecule has 0 fully saturated rings. The summed E-state index contributed by atoms with van der Waals surface area (Å²) in [6.45, 7) is 1.63. The molecule has 0 bridgehead atoms. The highest BCUT2D eigenvalue weighted by Gasteiger charge is 2.43. The fraction of sp³-hybridized carbons (Fsp3) is 0.429. The molecule has 14 heavy (non-hydrogen) atoms. The molecular formula is C7H12N2O4P+. The van der Waals surface area contributed by atoms with Gasteiger partial charge in [0.15, 0.2) is 4.98 Å². The van der Waals surface area contributed by atoms with Crippen LogP contribution in [0.15, 0.2) is 23.3 Å². The molecule has 0 atom stereocenters. The summed E-state index contributed by atoms with van der Waals surface area (Å²) in [7, 11) is -1.47. The van der Waals surface area contributed by atoms with Crippen LogP contribution in [0.1, 0.15) is 6.92 Å². The zero-order valence-corrected chi connectivity index (χ0v) is 9.06. The molecule has 0 aliphatic carbocycles. The van der Waals surface area contributed by atoms with Crippen LogP contribution in [0, 0.1) is 5.39 Å². The Hall–Kier alpha value is -1.15. The van der Waals surface area contributed by atoms with Crippen LogP contribution in [0.4, 0.5) is 0 Å². The third-order valence-corrected chi connectivity index (χ3v) is 3.19. The molecule has 0 aromatic carbocycles. The first kappa shape index (κ1) is 12.8. The number of hydrogen-bond donors (Lipinski definition) is 1. The predicted octanol–water partition coefficient (Wildman–Crippen LogP) is 2.63. The van der Waals surface area contributed by atoms with Gasteiger partial charge in [-0.25, -0.2) is 4.57 Å². The molecule has 78 valence electrons. The molecule has 7 heteroatoms. The van der Waals surface area contributed by atoms with Gasteiger partial charge in [-0.05, 0) is 13.0 Å². The average Bonchev–Trinajstić information content (AvgIpc) is 2.19. The smallest absolute Gasteiger partial charge is 0.501 e. The van der Waals surface area contributed by atoms with Crippen molar-refractivity contribution in [3.63, 3.8) is 0 Å². The lowest BCUT2D eigenvalue weighted by atomic mass is 10.4. The van der Waals surface area contributed by atoms with Gasteiger partial charge in [0.2, 0.25) is 11.2 Å². The molecule has 0 rings (SSSR count). The highest BCUT2D eigenvalue weighted by atomic mass is 31.2. The minimum Gasteiger partial charge on any atom is -0.501 e. The Morgan fingerprint density at radius 1 is 1.50 bits per heavy atom. The largest absolute Gasteiger partial charge is 0.511 e. The molecule has 0 spiro atoms. The first-order valence-electron chi connectivity index (χ1n) is 3.68. The molecule has 6 nitrogen and oxygen atoms in total. The van der Waals surface area contributed by atoms with Crippen LogP contribution < -0.4 is 0 Å². The quantitative estimate of drug-likeness (QED) is 0.340. The van der Waals surface area contributed by atoms with E-state index in [1.54, 1.807) is 6.92 Å². The van der Waals surface area contributed by atoms with Crippen molar-refractivity contribution in [2.75, 3.05) is 14.2 Å². The number of hydrogen-bond acceptors (Lipinski definition) is 5. The van der Waals surface area contributed by atoms with E-state index in [9.17, 15) is 9.67 Å². The Labute approximate surface area is 82.0 Å². The number of aliphatic hydroxyl groups is 1. The molecule has 0 aromatic rings. The van der Waals surface area contributed by atoms with E-state index >= 15 is 0 Å². The second-order valence-electron chi connectivity index (χ2n) is 2.17. The van der Waals surface area contributed by atoms with Crippen molar-refractivity contribution in [1.82, 2.24) is 0 Å². The third-order valence-electron chi connectivity index (χ3n) is 1.39. The molecule has 1 N–H and O–H groups in total. The van der Waals surface area contributed by atoms with Crippen LogP contribution in [-0.4, -0.2) is 19.3 Å². The lowest BCUT2D eigenvalue weighted by Crippen LogP contribution is -1.93. The van der Waals surface area contributed by atoms with Crippen LogP contribution in [-0.2, 0) is 13.6 Å². The summed E-state index contributed by atoms with van der Waals surface area (Å²) in [4.78, 5) is 2.69. The van der Waals surface area contributed by atoms with Gasteiger partial charge in [0.05, 0.1) is 0 Å². The second kappa shape index (κ2) is 5.55. The van der Waals surface area contributed by atoms with Crippen LogP contribution in [0.2, 0.25) is 0 Å². The summed E-state index contributed by atoms with van der Waals surface area (Å²) in [5.74, 6) is -0.470. The Morgan fingerprint density at radius 3 is 2.29 bits per heavy atom. The fourth-order valence-corrected chi connectivity index (χ4v) is 1.69. The normalized spacial score (nSPS) is 13.9. The lowest BCUT2D eigenvalue weighted by Gasteiger charge is -2.04. The highest BCUT2D eigenvalue weighted by molar-refractivity contribution is 7.58. The van der Waals surface area contributed by atoms with Crippen LogP contribution in [0.25, 0.3) is 4.98 Å². The average molecular weight is 219 g/mol. The maximum atomic E-state index is 11.6. The molecule has 0 amide bonds. The Balaban J connectivity index is 5.40. The van der Waals surface area contributed by atoms with Crippen LogP contribution in [0.5, 0.6) is 0 Å². The summed E-state index contributed by atoms with van der Waals surface area (Å²) in [5.41, 5.74) is -0.527. The standard InChI is InChI=1S/C7H11N2O4P/c1-4-5-6(10)7(9-8)14(11,12-2)13-3/h4-5H,1-3H3/p+1/b5-4+. The van der Waals surface area contributed by atoms with Gasteiger partial charge in [0, 0.05) is 14.2 Å². The van der Waals surface area contributed by atoms with Crippen LogP contribution in [0.3, 0.4) is 0 Å². The molecule has 0 aromatic heterocycles. The molecule has 0 unspecified atom stereocenters. The zero-order chi connectivity index (χ0) is 11.2.